The Morgan fingerprint density at radius 1 is 1.35 bits per heavy atom. The van der Waals surface area contributed by atoms with Crippen molar-refractivity contribution in [3.05, 3.63) is 35.4 Å². The summed E-state index contributed by atoms with van der Waals surface area (Å²) >= 11 is 0. The molecule has 0 bridgehead atoms. The first-order valence-electron chi connectivity index (χ1n) is 6.02. The molecular formula is C14H19NO2. The van der Waals surface area contributed by atoms with Gasteiger partial charge in [0.05, 0.1) is 13.5 Å². The number of ether oxygens (including phenoxy) is 1. The second kappa shape index (κ2) is 4.88. The lowest BCUT2D eigenvalue weighted by molar-refractivity contribution is -0.139. The number of nitrogens with one attached hydrogen (secondary N) is 1. The monoisotopic (exact) mass is 233 g/mol. The number of hydrogen-bond acceptors (Lipinski definition) is 3. The largest absolute Gasteiger partial charge is 0.469 e. The van der Waals surface area contributed by atoms with Gasteiger partial charge in [-0.05, 0) is 30.9 Å². The Balaban J connectivity index is 2.01. The van der Waals surface area contributed by atoms with Gasteiger partial charge < -0.3 is 10.1 Å². The molecule has 0 atom stereocenters. The van der Waals surface area contributed by atoms with E-state index in [1.54, 1.807) is 0 Å². The van der Waals surface area contributed by atoms with Gasteiger partial charge in [0.25, 0.3) is 0 Å². The van der Waals surface area contributed by atoms with Crippen LogP contribution in [0.5, 0.6) is 0 Å². The molecule has 0 saturated heterocycles. The standard InChI is InChI=1S/C14H19NO2/c1-14(7-8-14)15-10-12-6-4-3-5-11(12)9-13(16)17-2/h3-6,15H,7-10H2,1-2H3. The minimum atomic E-state index is -0.185. The molecule has 3 nitrogen and oxygen atoms in total. The fourth-order valence-electron chi connectivity index (χ4n) is 1.80. The van der Waals surface area contributed by atoms with Crippen LogP contribution in [0.2, 0.25) is 0 Å². The van der Waals surface area contributed by atoms with Gasteiger partial charge in [-0.25, -0.2) is 0 Å². The predicted molar refractivity (Wildman–Crippen MR) is 66.6 cm³/mol. The highest BCUT2D eigenvalue weighted by Gasteiger charge is 2.36. The van der Waals surface area contributed by atoms with Gasteiger partial charge >= 0.3 is 5.97 Å². The summed E-state index contributed by atoms with van der Waals surface area (Å²) in [6, 6.07) is 8.02. The summed E-state index contributed by atoms with van der Waals surface area (Å²) in [7, 11) is 1.43. The molecule has 3 heteroatoms. The Hall–Kier alpha value is -1.35. The summed E-state index contributed by atoms with van der Waals surface area (Å²) < 4.78 is 4.71. The first-order chi connectivity index (χ1) is 8.13. The molecule has 1 aromatic carbocycles. The molecule has 0 heterocycles. The number of hydrogen-bond donors (Lipinski definition) is 1. The van der Waals surface area contributed by atoms with Crippen molar-refractivity contribution < 1.29 is 9.53 Å². The quantitative estimate of drug-likeness (QED) is 0.791. The van der Waals surface area contributed by atoms with Crippen LogP contribution < -0.4 is 5.32 Å². The Morgan fingerprint density at radius 3 is 2.59 bits per heavy atom. The first kappa shape index (κ1) is 12.1. The normalized spacial score (nSPS) is 16.6. The summed E-state index contributed by atoms with van der Waals surface area (Å²) in [5, 5.41) is 3.53. The lowest BCUT2D eigenvalue weighted by Crippen LogP contribution is -2.27. The highest BCUT2D eigenvalue weighted by atomic mass is 16.5. The Kier molecular flexibility index (Phi) is 3.48. The second-order valence-electron chi connectivity index (χ2n) is 4.94. The molecule has 0 unspecified atom stereocenters. The van der Waals surface area contributed by atoms with E-state index >= 15 is 0 Å². The average molecular weight is 233 g/mol. The van der Waals surface area contributed by atoms with Crippen LogP contribution in [0.1, 0.15) is 30.9 Å². The van der Waals surface area contributed by atoms with Gasteiger partial charge in [0.15, 0.2) is 0 Å². The zero-order chi connectivity index (χ0) is 12.3. The van der Waals surface area contributed by atoms with E-state index in [9.17, 15) is 4.79 Å². The molecule has 1 aliphatic rings. The van der Waals surface area contributed by atoms with E-state index in [4.69, 9.17) is 4.74 Å². The third kappa shape index (κ3) is 3.30. The van der Waals surface area contributed by atoms with E-state index in [0.29, 0.717) is 12.0 Å². The van der Waals surface area contributed by atoms with Crippen LogP contribution in [0.25, 0.3) is 0 Å². The number of esters is 1. The number of rotatable bonds is 5. The SMILES string of the molecule is COC(=O)Cc1ccccc1CNC1(C)CC1. The minimum absolute atomic E-state index is 0.185. The van der Waals surface area contributed by atoms with Crippen molar-refractivity contribution in [3.8, 4) is 0 Å². The third-order valence-electron chi connectivity index (χ3n) is 3.39. The first-order valence-corrected chi connectivity index (χ1v) is 6.02. The maximum atomic E-state index is 11.3. The van der Waals surface area contributed by atoms with Crippen molar-refractivity contribution >= 4 is 5.97 Å². The minimum Gasteiger partial charge on any atom is -0.469 e. The lowest BCUT2D eigenvalue weighted by Gasteiger charge is -2.14. The van der Waals surface area contributed by atoms with E-state index < -0.39 is 0 Å². The molecular weight excluding hydrogens is 214 g/mol. The summed E-state index contributed by atoms with van der Waals surface area (Å²) in [5.74, 6) is -0.185. The molecule has 92 valence electrons. The van der Waals surface area contributed by atoms with Crippen LogP contribution in [-0.2, 0) is 22.5 Å². The van der Waals surface area contributed by atoms with E-state index in [0.717, 1.165) is 12.1 Å². The van der Waals surface area contributed by atoms with E-state index in [1.165, 1.54) is 25.5 Å². The summed E-state index contributed by atoms with van der Waals surface area (Å²) in [6.45, 7) is 3.06. The van der Waals surface area contributed by atoms with Crippen molar-refractivity contribution in [3.63, 3.8) is 0 Å². The number of carbonyl (C=O) groups is 1. The van der Waals surface area contributed by atoms with Crippen molar-refractivity contribution in [1.82, 2.24) is 5.32 Å². The third-order valence-corrected chi connectivity index (χ3v) is 3.39. The molecule has 0 aromatic heterocycles. The van der Waals surface area contributed by atoms with Crippen LogP contribution in [0.3, 0.4) is 0 Å². The van der Waals surface area contributed by atoms with Crippen LogP contribution in [-0.4, -0.2) is 18.6 Å². The summed E-state index contributed by atoms with van der Waals surface area (Å²) in [6.07, 6.45) is 2.84. The molecule has 1 saturated carbocycles. The van der Waals surface area contributed by atoms with Crippen molar-refractivity contribution in [1.29, 1.82) is 0 Å². The highest BCUT2D eigenvalue weighted by molar-refractivity contribution is 5.72. The van der Waals surface area contributed by atoms with Crippen LogP contribution in [0.4, 0.5) is 0 Å². The fraction of sp³-hybridized carbons (Fsp3) is 0.500. The predicted octanol–water partition coefficient (Wildman–Crippen LogP) is 2.04. The summed E-state index contributed by atoms with van der Waals surface area (Å²) in [4.78, 5) is 11.3. The Morgan fingerprint density at radius 2 is 2.00 bits per heavy atom. The van der Waals surface area contributed by atoms with Gasteiger partial charge in [0.1, 0.15) is 0 Å². The van der Waals surface area contributed by atoms with Crippen molar-refractivity contribution in [2.24, 2.45) is 0 Å². The van der Waals surface area contributed by atoms with Gasteiger partial charge in [-0.3, -0.25) is 4.79 Å². The number of carbonyl (C=O) groups excluding carboxylic acids is 1. The zero-order valence-corrected chi connectivity index (χ0v) is 10.5. The molecule has 0 amide bonds. The maximum absolute atomic E-state index is 11.3. The van der Waals surface area contributed by atoms with Crippen LogP contribution in [0.15, 0.2) is 24.3 Å². The topological polar surface area (TPSA) is 38.3 Å². The highest BCUT2D eigenvalue weighted by Crippen LogP contribution is 2.34. The summed E-state index contributed by atoms with van der Waals surface area (Å²) in [5.41, 5.74) is 2.56. The number of methoxy groups -OCH3 is 1. The van der Waals surface area contributed by atoms with Crippen LogP contribution >= 0.6 is 0 Å². The zero-order valence-electron chi connectivity index (χ0n) is 10.5. The van der Waals surface area contributed by atoms with Crippen molar-refractivity contribution in [2.45, 2.75) is 38.3 Å². The Labute approximate surface area is 102 Å². The maximum Gasteiger partial charge on any atom is 0.309 e. The van der Waals surface area contributed by atoms with Gasteiger partial charge in [-0.15, -0.1) is 0 Å². The van der Waals surface area contributed by atoms with Crippen LogP contribution in [0, 0.1) is 0 Å². The molecule has 1 N–H and O–H groups in total. The molecule has 0 spiro atoms. The average Bonchev–Trinajstić information content (AvgIpc) is 3.07. The molecule has 0 radical (unpaired) electrons. The van der Waals surface area contributed by atoms with Gasteiger partial charge in [-0.2, -0.15) is 0 Å². The van der Waals surface area contributed by atoms with Gasteiger partial charge in [0.2, 0.25) is 0 Å². The smallest absolute Gasteiger partial charge is 0.309 e. The molecule has 17 heavy (non-hydrogen) atoms. The van der Waals surface area contributed by atoms with Crippen molar-refractivity contribution in [2.75, 3.05) is 7.11 Å². The number of benzene rings is 1. The molecule has 0 aliphatic heterocycles. The fourth-order valence-corrected chi connectivity index (χ4v) is 1.80. The second-order valence-corrected chi connectivity index (χ2v) is 4.94. The van der Waals surface area contributed by atoms with Gasteiger partial charge in [0, 0.05) is 12.1 Å². The lowest BCUT2D eigenvalue weighted by atomic mass is 10.0. The van der Waals surface area contributed by atoms with E-state index in [2.05, 4.69) is 18.3 Å². The molecule has 1 aromatic rings. The molecule has 1 aliphatic carbocycles. The molecule has 1 fully saturated rings. The van der Waals surface area contributed by atoms with E-state index in [-0.39, 0.29) is 5.97 Å². The van der Waals surface area contributed by atoms with Gasteiger partial charge in [-0.1, -0.05) is 24.3 Å². The Bertz CT molecular complexity index is 410. The molecule has 2 rings (SSSR count). The van der Waals surface area contributed by atoms with E-state index in [1.807, 2.05) is 18.2 Å².